The number of hydrogen-bond donors (Lipinski definition) is 0. The summed E-state index contributed by atoms with van der Waals surface area (Å²) in [6.07, 6.45) is 79.9. The standard InChI is InChI=1S/C69H126O6/c1-4-7-10-13-16-19-22-25-27-28-29-30-31-32-33-34-35-36-37-38-39-40-42-44-47-50-53-56-59-62-68(71)74-65-66(64-73-67(70)61-58-55-52-49-46-43-24-21-18-15-12-9-6-3)75-69(72)63-60-57-54-51-48-45-41-26-23-20-17-14-11-8-5-2/h7,10,16,19,25,27,29-30,66H,4-6,8-9,11-15,17-18,20-24,26,28,31-65H2,1-3H3/b10-7-,19-16-,27-25-,30-29-. The third-order valence-electron chi connectivity index (χ3n) is 14.8. The number of unbranched alkanes of at least 4 members (excludes halogenated alkanes) is 42. The van der Waals surface area contributed by atoms with Crippen LogP contribution in [0.3, 0.4) is 0 Å². The Kier molecular flexibility index (Phi) is 61.7. The van der Waals surface area contributed by atoms with Crippen LogP contribution in [-0.4, -0.2) is 37.2 Å². The fourth-order valence-corrected chi connectivity index (χ4v) is 9.91. The lowest BCUT2D eigenvalue weighted by atomic mass is 10.0. The molecular formula is C69H126O6. The molecule has 0 aliphatic heterocycles. The molecule has 0 fully saturated rings. The van der Waals surface area contributed by atoms with Crippen molar-refractivity contribution in [3.63, 3.8) is 0 Å². The lowest BCUT2D eigenvalue weighted by Crippen LogP contribution is -2.30. The number of carbonyl (C=O) groups is 3. The molecule has 0 N–H and O–H groups in total. The van der Waals surface area contributed by atoms with Gasteiger partial charge in [-0.1, -0.05) is 326 Å². The van der Waals surface area contributed by atoms with Crippen molar-refractivity contribution in [2.45, 2.75) is 361 Å². The lowest BCUT2D eigenvalue weighted by molar-refractivity contribution is -0.167. The van der Waals surface area contributed by atoms with Gasteiger partial charge in [-0.3, -0.25) is 14.4 Å². The fourth-order valence-electron chi connectivity index (χ4n) is 9.91. The maximum Gasteiger partial charge on any atom is 0.306 e. The highest BCUT2D eigenvalue weighted by Crippen LogP contribution is 2.18. The van der Waals surface area contributed by atoms with Crippen LogP contribution >= 0.6 is 0 Å². The number of esters is 3. The Hall–Kier alpha value is -2.63. The van der Waals surface area contributed by atoms with Crippen molar-refractivity contribution in [3.05, 3.63) is 48.6 Å². The molecule has 0 saturated carbocycles. The van der Waals surface area contributed by atoms with E-state index < -0.39 is 6.10 Å². The number of rotatable bonds is 61. The molecule has 0 radical (unpaired) electrons. The molecule has 0 heterocycles. The summed E-state index contributed by atoms with van der Waals surface area (Å²) in [4.78, 5) is 38.3. The molecule has 0 aliphatic carbocycles. The zero-order chi connectivity index (χ0) is 54.3. The minimum Gasteiger partial charge on any atom is -0.462 e. The SMILES string of the molecule is CC/C=C\C/C=C\C/C=C\C/C=C\CCCCCCCCCCCCCCCCCCC(=O)OCC(COC(=O)CCCCCCCCCCCCCCC)OC(=O)CCCCCCCCCCCCCCCCC. The van der Waals surface area contributed by atoms with Gasteiger partial charge in [0.05, 0.1) is 0 Å². The first-order chi connectivity index (χ1) is 37.0. The van der Waals surface area contributed by atoms with Crippen LogP contribution in [0.4, 0.5) is 0 Å². The molecule has 0 spiro atoms. The number of allylic oxidation sites excluding steroid dienone is 8. The van der Waals surface area contributed by atoms with E-state index in [-0.39, 0.29) is 31.1 Å². The summed E-state index contributed by atoms with van der Waals surface area (Å²) in [5, 5.41) is 0. The van der Waals surface area contributed by atoms with Gasteiger partial charge in [0.15, 0.2) is 6.10 Å². The first kappa shape index (κ1) is 72.4. The van der Waals surface area contributed by atoms with Crippen LogP contribution in [0.1, 0.15) is 355 Å². The highest BCUT2D eigenvalue weighted by Gasteiger charge is 2.19. The van der Waals surface area contributed by atoms with Crippen molar-refractivity contribution >= 4 is 17.9 Å². The number of hydrogen-bond acceptors (Lipinski definition) is 6. The Bertz CT molecular complexity index is 1300. The largest absolute Gasteiger partial charge is 0.462 e. The van der Waals surface area contributed by atoms with Crippen molar-refractivity contribution in [1.29, 1.82) is 0 Å². The van der Waals surface area contributed by atoms with Crippen molar-refractivity contribution in [3.8, 4) is 0 Å². The van der Waals surface area contributed by atoms with Gasteiger partial charge in [-0.05, 0) is 57.8 Å². The topological polar surface area (TPSA) is 78.9 Å². The quantitative estimate of drug-likeness (QED) is 0.0261. The van der Waals surface area contributed by atoms with E-state index in [1.165, 1.54) is 231 Å². The molecule has 75 heavy (non-hydrogen) atoms. The molecule has 6 heteroatoms. The van der Waals surface area contributed by atoms with Gasteiger partial charge < -0.3 is 14.2 Å². The van der Waals surface area contributed by atoms with Crippen molar-refractivity contribution in [2.24, 2.45) is 0 Å². The van der Waals surface area contributed by atoms with Crippen LogP contribution in [0.25, 0.3) is 0 Å². The summed E-state index contributed by atoms with van der Waals surface area (Å²) < 4.78 is 16.9. The minimum absolute atomic E-state index is 0.0657. The maximum atomic E-state index is 12.9. The Morgan fingerprint density at radius 2 is 0.520 bits per heavy atom. The van der Waals surface area contributed by atoms with Gasteiger partial charge in [0.1, 0.15) is 13.2 Å². The Balaban J connectivity index is 4.16. The van der Waals surface area contributed by atoms with Gasteiger partial charge in [0.2, 0.25) is 0 Å². The number of ether oxygens (including phenoxy) is 3. The summed E-state index contributed by atoms with van der Waals surface area (Å²) in [7, 11) is 0. The van der Waals surface area contributed by atoms with E-state index in [0.717, 1.165) is 83.5 Å². The Labute approximate surface area is 467 Å². The van der Waals surface area contributed by atoms with Gasteiger partial charge in [-0.25, -0.2) is 0 Å². The fraction of sp³-hybridized carbons (Fsp3) is 0.841. The second kappa shape index (κ2) is 63.9. The van der Waals surface area contributed by atoms with Gasteiger partial charge >= 0.3 is 17.9 Å². The second-order valence-electron chi connectivity index (χ2n) is 22.4. The van der Waals surface area contributed by atoms with Crippen molar-refractivity contribution in [1.82, 2.24) is 0 Å². The first-order valence-corrected chi connectivity index (χ1v) is 33.1. The molecule has 0 rings (SSSR count). The molecule has 0 aromatic heterocycles. The first-order valence-electron chi connectivity index (χ1n) is 33.1. The number of carbonyl (C=O) groups excluding carboxylic acids is 3. The molecule has 0 aromatic rings. The normalized spacial score (nSPS) is 12.3. The Morgan fingerprint density at radius 1 is 0.280 bits per heavy atom. The third-order valence-corrected chi connectivity index (χ3v) is 14.8. The van der Waals surface area contributed by atoms with E-state index in [1.807, 2.05) is 0 Å². The monoisotopic (exact) mass is 1050 g/mol. The van der Waals surface area contributed by atoms with E-state index in [2.05, 4.69) is 69.4 Å². The Morgan fingerprint density at radius 3 is 0.813 bits per heavy atom. The predicted octanol–water partition coefficient (Wildman–Crippen LogP) is 22.6. The zero-order valence-electron chi connectivity index (χ0n) is 50.3. The average Bonchev–Trinajstić information content (AvgIpc) is 3.41. The van der Waals surface area contributed by atoms with E-state index in [1.54, 1.807) is 0 Å². The molecule has 0 amide bonds. The van der Waals surface area contributed by atoms with Gasteiger partial charge in [0, 0.05) is 19.3 Å². The van der Waals surface area contributed by atoms with Crippen LogP contribution in [0, 0.1) is 0 Å². The third kappa shape index (κ3) is 62.1. The molecule has 1 atom stereocenters. The predicted molar refractivity (Wildman–Crippen MR) is 325 cm³/mol. The highest BCUT2D eigenvalue weighted by molar-refractivity contribution is 5.71. The van der Waals surface area contributed by atoms with Crippen LogP contribution < -0.4 is 0 Å². The molecule has 6 nitrogen and oxygen atoms in total. The minimum atomic E-state index is -0.767. The second-order valence-corrected chi connectivity index (χ2v) is 22.4. The molecular weight excluding hydrogens is 925 g/mol. The highest BCUT2D eigenvalue weighted by atomic mass is 16.6. The maximum absolute atomic E-state index is 12.9. The van der Waals surface area contributed by atoms with Crippen LogP contribution in [0.2, 0.25) is 0 Å². The molecule has 0 saturated heterocycles. The van der Waals surface area contributed by atoms with Crippen LogP contribution in [0.5, 0.6) is 0 Å². The summed E-state index contributed by atoms with van der Waals surface area (Å²) in [6.45, 7) is 6.59. The van der Waals surface area contributed by atoms with Gasteiger partial charge in [0.25, 0.3) is 0 Å². The van der Waals surface area contributed by atoms with E-state index >= 15 is 0 Å². The zero-order valence-corrected chi connectivity index (χ0v) is 50.3. The molecule has 0 aromatic carbocycles. The molecule has 438 valence electrons. The summed E-state index contributed by atoms with van der Waals surface area (Å²) in [5.74, 6) is -0.840. The van der Waals surface area contributed by atoms with E-state index in [9.17, 15) is 14.4 Å². The average molecular weight is 1050 g/mol. The smallest absolute Gasteiger partial charge is 0.306 e. The molecule has 1 unspecified atom stereocenters. The van der Waals surface area contributed by atoms with Crippen LogP contribution in [0.15, 0.2) is 48.6 Å². The molecule has 0 bridgehead atoms. The van der Waals surface area contributed by atoms with Gasteiger partial charge in [-0.2, -0.15) is 0 Å². The van der Waals surface area contributed by atoms with E-state index in [4.69, 9.17) is 14.2 Å². The van der Waals surface area contributed by atoms with Crippen molar-refractivity contribution < 1.29 is 28.6 Å². The summed E-state index contributed by atoms with van der Waals surface area (Å²) in [5.41, 5.74) is 0. The summed E-state index contributed by atoms with van der Waals surface area (Å²) >= 11 is 0. The summed E-state index contributed by atoms with van der Waals surface area (Å²) in [6, 6.07) is 0. The van der Waals surface area contributed by atoms with Crippen LogP contribution in [-0.2, 0) is 28.6 Å². The molecule has 0 aliphatic rings. The van der Waals surface area contributed by atoms with Gasteiger partial charge in [-0.15, -0.1) is 0 Å². The van der Waals surface area contributed by atoms with E-state index in [0.29, 0.717) is 19.3 Å². The lowest BCUT2D eigenvalue weighted by Gasteiger charge is -2.18. The van der Waals surface area contributed by atoms with Crippen molar-refractivity contribution in [2.75, 3.05) is 13.2 Å².